The van der Waals surface area contributed by atoms with Crippen molar-refractivity contribution in [3.05, 3.63) is 128 Å². The molecule has 4 atom stereocenters. The Morgan fingerprint density at radius 2 is 0.976 bits per heavy atom. The highest BCUT2D eigenvalue weighted by Gasteiger charge is 2.44. The van der Waals surface area contributed by atoms with Crippen LogP contribution in [-0.4, -0.2) is 18.9 Å². The Labute approximate surface area is 250 Å². The van der Waals surface area contributed by atoms with E-state index in [4.69, 9.17) is 28.4 Å². The van der Waals surface area contributed by atoms with Crippen molar-refractivity contribution in [3.8, 4) is 17.2 Å². The molecular formula is C36H42O6. The maximum atomic E-state index is 5.92. The molecule has 0 saturated heterocycles. The molecule has 4 rings (SSSR count). The highest BCUT2D eigenvalue weighted by Crippen LogP contribution is 2.54. The van der Waals surface area contributed by atoms with Crippen molar-refractivity contribution in [2.45, 2.75) is 76.7 Å². The average Bonchev–Trinajstić information content (AvgIpc) is 2.99. The third-order valence-electron chi connectivity index (χ3n) is 7.70. The topological polar surface area (TPSA) is 55.4 Å². The van der Waals surface area contributed by atoms with E-state index >= 15 is 0 Å². The molecule has 4 unspecified atom stereocenters. The third-order valence-corrected chi connectivity index (χ3v) is 7.70. The number of benzene rings is 3. The molecule has 3 aromatic carbocycles. The van der Waals surface area contributed by atoms with Crippen LogP contribution in [0.1, 0.15) is 69.1 Å². The van der Waals surface area contributed by atoms with Crippen molar-refractivity contribution >= 4 is 0 Å². The molecule has 0 N–H and O–H groups in total. The predicted molar refractivity (Wildman–Crippen MR) is 165 cm³/mol. The summed E-state index contributed by atoms with van der Waals surface area (Å²) in [5.41, 5.74) is 3.48. The zero-order valence-electron chi connectivity index (χ0n) is 24.9. The van der Waals surface area contributed by atoms with Gasteiger partial charge in [-0.25, -0.2) is 0 Å². The van der Waals surface area contributed by atoms with E-state index in [0.717, 1.165) is 42.9 Å². The van der Waals surface area contributed by atoms with Crippen molar-refractivity contribution in [2.24, 2.45) is 0 Å². The lowest BCUT2D eigenvalue weighted by Crippen LogP contribution is -2.38. The monoisotopic (exact) mass is 570 g/mol. The molecular weight excluding hydrogens is 528 g/mol. The zero-order valence-corrected chi connectivity index (χ0v) is 24.9. The van der Waals surface area contributed by atoms with Crippen LogP contribution in [0.3, 0.4) is 0 Å². The summed E-state index contributed by atoms with van der Waals surface area (Å²) in [6.07, 6.45) is 7.25. The molecule has 222 valence electrons. The Bertz CT molecular complexity index is 1220. The Hall–Kier alpha value is -4.32. The molecule has 0 amide bonds. The average molecular weight is 571 g/mol. The van der Waals surface area contributed by atoms with E-state index in [1.807, 2.05) is 57.2 Å². The van der Waals surface area contributed by atoms with Gasteiger partial charge in [-0.15, -0.1) is 0 Å². The summed E-state index contributed by atoms with van der Waals surface area (Å²) in [5, 5.41) is 0. The zero-order chi connectivity index (χ0) is 30.0. The van der Waals surface area contributed by atoms with Gasteiger partial charge in [0, 0.05) is 26.2 Å². The van der Waals surface area contributed by atoms with Crippen LogP contribution in [0, 0.1) is 0 Å². The SMILES string of the molecule is C=COC(C)Oc1ccc(C2CCCCC2(c2ccc(OC(C)OC=C)cc2)c2ccc(OC(C)OC=C)cc2)cc1. The van der Waals surface area contributed by atoms with Gasteiger partial charge in [0.25, 0.3) is 0 Å². The second-order valence-electron chi connectivity index (χ2n) is 10.4. The predicted octanol–water partition coefficient (Wildman–Crippen LogP) is 8.99. The van der Waals surface area contributed by atoms with E-state index in [-0.39, 0.29) is 11.3 Å². The van der Waals surface area contributed by atoms with Crippen molar-refractivity contribution in [1.82, 2.24) is 0 Å². The Morgan fingerprint density at radius 3 is 1.36 bits per heavy atom. The Kier molecular flexibility index (Phi) is 10.6. The molecule has 3 aromatic rings. The molecule has 0 bridgehead atoms. The van der Waals surface area contributed by atoms with Crippen LogP contribution in [0.5, 0.6) is 17.2 Å². The minimum absolute atomic E-state index is 0.242. The fraction of sp³-hybridized carbons (Fsp3) is 0.333. The molecule has 0 aliphatic heterocycles. The van der Waals surface area contributed by atoms with E-state index in [1.54, 1.807) is 0 Å². The van der Waals surface area contributed by atoms with Crippen LogP contribution in [0.25, 0.3) is 0 Å². The summed E-state index contributed by atoms with van der Waals surface area (Å²) in [5.74, 6) is 2.48. The van der Waals surface area contributed by atoms with Gasteiger partial charge in [-0.05, 0) is 71.8 Å². The van der Waals surface area contributed by atoms with Crippen LogP contribution in [0.4, 0.5) is 0 Å². The smallest absolute Gasteiger partial charge is 0.237 e. The van der Waals surface area contributed by atoms with Gasteiger partial charge >= 0.3 is 0 Å². The first-order valence-corrected chi connectivity index (χ1v) is 14.5. The molecule has 0 spiro atoms. The number of rotatable bonds is 15. The summed E-state index contributed by atoms with van der Waals surface area (Å²) in [6.45, 7) is 16.4. The van der Waals surface area contributed by atoms with Crippen molar-refractivity contribution < 1.29 is 28.4 Å². The highest BCUT2D eigenvalue weighted by molar-refractivity contribution is 5.49. The number of hydrogen-bond acceptors (Lipinski definition) is 6. The van der Waals surface area contributed by atoms with Gasteiger partial charge < -0.3 is 28.4 Å². The lowest BCUT2D eigenvalue weighted by Gasteiger charge is -2.46. The maximum absolute atomic E-state index is 5.92. The van der Waals surface area contributed by atoms with Gasteiger partial charge in [0.05, 0.1) is 18.8 Å². The summed E-state index contributed by atoms with van der Waals surface area (Å²) in [6, 6.07) is 25.2. The van der Waals surface area contributed by atoms with E-state index < -0.39 is 18.9 Å². The summed E-state index contributed by atoms with van der Waals surface area (Å²) < 4.78 is 33.8. The Balaban J connectivity index is 1.72. The number of ether oxygens (including phenoxy) is 6. The standard InChI is InChI=1S/C36H42O6/c1-7-37-26(4)40-32-19-13-29(14-20-32)35-12-10-11-25-36(35,30-15-21-33(22-16-30)41-27(5)38-8-2)31-17-23-34(24-18-31)42-28(6)39-9-3/h7-9,13-24,26-28,35H,1-3,10-12,25H2,4-6H3. The van der Waals surface area contributed by atoms with E-state index in [2.05, 4.69) is 56.1 Å². The quantitative estimate of drug-likeness (QED) is 0.134. The van der Waals surface area contributed by atoms with Gasteiger partial charge in [-0.3, -0.25) is 0 Å². The minimum Gasteiger partial charge on any atom is -0.463 e. The number of hydrogen-bond donors (Lipinski definition) is 0. The van der Waals surface area contributed by atoms with Crippen molar-refractivity contribution in [1.29, 1.82) is 0 Å². The molecule has 1 aliphatic carbocycles. The normalized spacial score (nSPS) is 20.2. The lowest BCUT2D eigenvalue weighted by molar-refractivity contribution is -0.0136. The molecule has 42 heavy (non-hydrogen) atoms. The maximum Gasteiger partial charge on any atom is 0.237 e. The second kappa shape index (κ2) is 14.5. The first-order chi connectivity index (χ1) is 20.4. The fourth-order valence-corrected chi connectivity index (χ4v) is 5.99. The fourth-order valence-electron chi connectivity index (χ4n) is 5.99. The van der Waals surface area contributed by atoms with E-state index in [1.165, 1.54) is 35.5 Å². The van der Waals surface area contributed by atoms with Crippen LogP contribution < -0.4 is 14.2 Å². The molecule has 1 aliphatic rings. The van der Waals surface area contributed by atoms with Gasteiger partial charge in [0.2, 0.25) is 18.9 Å². The molecule has 0 radical (unpaired) electrons. The summed E-state index contributed by atoms with van der Waals surface area (Å²) in [7, 11) is 0. The second-order valence-corrected chi connectivity index (χ2v) is 10.4. The Morgan fingerprint density at radius 1 is 0.595 bits per heavy atom. The van der Waals surface area contributed by atoms with Crippen LogP contribution in [0.15, 0.2) is 111 Å². The molecule has 6 heteroatoms. The van der Waals surface area contributed by atoms with Gasteiger partial charge in [-0.2, -0.15) is 0 Å². The minimum atomic E-state index is -0.426. The molecule has 0 aromatic heterocycles. The van der Waals surface area contributed by atoms with Gasteiger partial charge in [-0.1, -0.05) is 69.0 Å². The third kappa shape index (κ3) is 7.30. The molecule has 1 saturated carbocycles. The first kappa shape index (κ1) is 30.6. The molecule has 0 heterocycles. The van der Waals surface area contributed by atoms with Crippen molar-refractivity contribution in [2.75, 3.05) is 0 Å². The lowest BCUT2D eigenvalue weighted by atomic mass is 9.57. The van der Waals surface area contributed by atoms with Gasteiger partial charge in [0.1, 0.15) is 17.2 Å². The van der Waals surface area contributed by atoms with Crippen LogP contribution in [0.2, 0.25) is 0 Å². The van der Waals surface area contributed by atoms with Crippen LogP contribution in [-0.2, 0) is 19.6 Å². The van der Waals surface area contributed by atoms with Crippen molar-refractivity contribution in [3.63, 3.8) is 0 Å². The first-order valence-electron chi connectivity index (χ1n) is 14.5. The van der Waals surface area contributed by atoms with Gasteiger partial charge in [0.15, 0.2) is 0 Å². The summed E-state index contributed by atoms with van der Waals surface area (Å²) in [4.78, 5) is 0. The molecule has 1 fully saturated rings. The van der Waals surface area contributed by atoms with E-state index in [9.17, 15) is 0 Å². The molecule has 6 nitrogen and oxygen atoms in total. The van der Waals surface area contributed by atoms with Crippen LogP contribution >= 0.6 is 0 Å². The largest absolute Gasteiger partial charge is 0.463 e. The summed E-state index contributed by atoms with van der Waals surface area (Å²) >= 11 is 0. The highest BCUT2D eigenvalue weighted by atomic mass is 16.7. The van der Waals surface area contributed by atoms with E-state index in [0.29, 0.717) is 0 Å².